The molecule has 0 saturated carbocycles. The Hall–Kier alpha value is -1.88. The molecule has 5 heteroatoms. The monoisotopic (exact) mass is 276 g/mol. The summed E-state index contributed by atoms with van der Waals surface area (Å²) in [6.45, 7) is 3.79. The lowest BCUT2D eigenvalue weighted by Crippen LogP contribution is -2.19. The van der Waals surface area contributed by atoms with Gasteiger partial charge in [-0.3, -0.25) is 0 Å². The van der Waals surface area contributed by atoms with Crippen LogP contribution < -0.4 is 5.32 Å². The molecular formula is C14H16N2O2S. The molecule has 0 fully saturated rings. The van der Waals surface area contributed by atoms with Gasteiger partial charge in [0.1, 0.15) is 5.82 Å². The van der Waals surface area contributed by atoms with Gasteiger partial charge in [0, 0.05) is 6.04 Å². The van der Waals surface area contributed by atoms with Gasteiger partial charge in [0.05, 0.1) is 11.3 Å². The minimum absolute atomic E-state index is 0.246. The van der Waals surface area contributed by atoms with Gasteiger partial charge in [-0.1, -0.05) is 0 Å². The average Bonchev–Trinajstić information content (AvgIpc) is 2.81. The summed E-state index contributed by atoms with van der Waals surface area (Å²) >= 11 is 1.69. The average molecular weight is 276 g/mol. The number of hydrogen-bond donors (Lipinski definition) is 2. The maximum atomic E-state index is 10.9. The summed E-state index contributed by atoms with van der Waals surface area (Å²) in [6.07, 6.45) is 0.922. The molecule has 0 spiro atoms. The van der Waals surface area contributed by atoms with Crippen LogP contribution in [-0.4, -0.2) is 22.1 Å². The Balaban J connectivity index is 2.03. The molecule has 1 unspecified atom stereocenters. The summed E-state index contributed by atoms with van der Waals surface area (Å²) in [7, 11) is 0. The van der Waals surface area contributed by atoms with Crippen LogP contribution in [0.1, 0.15) is 28.5 Å². The Morgan fingerprint density at radius 2 is 2.26 bits per heavy atom. The van der Waals surface area contributed by atoms with Crippen molar-refractivity contribution in [1.29, 1.82) is 0 Å². The molecule has 19 heavy (non-hydrogen) atoms. The summed E-state index contributed by atoms with van der Waals surface area (Å²) in [4.78, 5) is 15.2. The number of thiophene rings is 1. The van der Waals surface area contributed by atoms with E-state index in [9.17, 15) is 4.79 Å². The van der Waals surface area contributed by atoms with Crippen LogP contribution in [-0.2, 0) is 6.42 Å². The highest BCUT2D eigenvalue weighted by atomic mass is 32.1. The van der Waals surface area contributed by atoms with Gasteiger partial charge in [-0.05, 0) is 54.8 Å². The molecule has 2 rings (SSSR count). The van der Waals surface area contributed by atoms with Crippen LogP contribution in [0.5, 0.6) is 0 Å². The second kappa shape index (κ2) is 5.84. The third kappa shape index (κ3) is 3.54. The lowest BCUT2D eigenvalue weighted by molar-refractivity contribution is 0.0695. The standard InChI is InChI=1S/C14H16N2O2S/c1-9(7-11-5-6-19-8-11)15-13-4-3-12(14(17)18)10(2)16-13/h3-6,8-9H,7H2,1-2H3,(H,15,16)(H,17,18). The second-order valence-electron chi connectivity index (χ2n) is 4.52. The summed E-state index contributed by atoms with van der Waals surface area (Å²) in [5.41, 5.74) is 2.07. The fraction of sp³-hybridized carbons (Fsp3) is 0.286. The van der Waals surface area contributed by atoms with Gasteiger partial charge in [0.25, 0.3) is 0 Å². The van der Waals surface area contributed by atoms with Crippen molar-refractivity contribution < 1.29 is 9.90 Å². The Bertz CT molecular complexity index is 567. The van der Waals surface area contributed by atoms with E-state index in [1.165, 1.54) is 5.56 Å². The van der Waals surface area contributed by atoms with Crippen molar-refractivity contribution in [3.05, 3.63) is 45.8 Å². The number of carboxylic acids is 1. The Labute approximate surface area is 116 Å². The largest absolute Gasteiger partial charge is 0.478 e. The first kappa shape index (κ1) is 13.5. The quantitative estimate of drug-likeness (QED) is 0.880. The number of aromatic carboxylic acids is 1. The zero-order valence-corrected chi connectivity index (χ0v) is 11.7. The Morgan fingerprint density at radius 3 is 2.84 bits per heavy atom. The maximum Gasteiger partial charge on any atom is 0.337 e. The van der Waals surface area contributed by atoms with E-state index in [0.29, 0.717) is 11.5 Å². The molecule has 0 radical (unpaired) electrons. The van der Waals surface area contributed by atoms with Gasteiger partial charge in [0.2, 0.25) is 0 Å². The predicted molar refractivity (Wildman–Crippen MR) is 77.0 cm³/mol. The van der Waals surface area contributed by atoms with Crippen molar-refractivity contribution in [2.45, 2.75) is 26.3 Å². The second-order valence-corrected chi connectivity index (χ2v) is 5.30. The molecule has 0 bridgehead atoms. The molecule has 2 aromatic heterocycles. The number of nitrogens with one attached hydrogen (secondary N) is 1. The molecule has 4 nitrogen and oxygen atoms in total. The highest BCUT2D eigenvalue weighted by molar-refractivity contribution is 7.07. The summed E-state index contributed by atoms with van der Waals surface area (Å²) < 4.78 is 0. The number of carbonyl (C=O) groups is 1. The normalized spacial score (nSPS) is 12.1. The van der Waals surface area contributed by atoms with Crippen molar-refractivity contribution in [2.75, 3.05) is 5.32 Å². The van der Waals surface area contributed by atoms with Crippen LogP contribution in [0.4, 0.5) is 5.82 Å². The molecule has 0 saturated heterocycles. The molecule has 2 N–H and O–H groups in total. The van der Waals surface area contributed by atoms with E-state index in [1.54, 1.807) is 30.4 Å². The number of anilines is 1. The van der Waals surface area contributed by atoms with Gasteiger partial charge in [-0.2, -0.15) is 11.3 Å². The zero-order chi connectivity index (χ0) is 13.8. The zero-order valence-electron chi connectivity index (χ0n) is 10.9. The molecular weight excluding hydrogens is 260 g/mol. The number of pyridine rings is 1. The van der Waals surface area contributed by atoms with E-state index in [0.717, 1.165) is 6.42 Å². The van der Waals surface area contributed by atoms with E-state index in [1.807, 2.05) is 0 Å². The van der Waals surface area contributed by atoms with Crippen LogP contribution in [0.15, 0.2) is 29.0 Å². The minimum Gasteiger partial charge on any atom is -0.478 e. The van der Waals surface area contributed by atoms with Gasteiger partial charge in [0.15, 0.2) is 0 Å². The first-order valence-corrected chi connectivity index (χ1v) is 6.99. The summed E-state index contributed by atoms with van der Waals surface area (Å²) in [6, 6.07) is 5.65. The van der Waals surface area contributed by atoms with Crippen molar-refractivity contribution in [3.8, 4) is 0 Å². The SMILES string of the molecule is Cc1nc(NC(C)Cc2ccsc2)ccc1C(=O)O. The van der Waals surface area contributed by atoms with Crippen LogP contribution >= 0.6 is 11.3 Å². The third-order valence-corrected chi connectivity index (χ3v) is 3.56. The fourth-order valence-corrected chi connectivity index (χ4v) is 2.61. The topological polar surface area (TPSA) is 62.2 Å². The van der Waals surface area contributed by atoms with Crippen molar-refractivity contribution in [3.63, 3.8) is 0 Å². The highest BCUT2D eigenvalue weighted by Crippen LogP contribution is 2.14. The van der Waals surface area contributed by atoms with Crippen LogP contribution in [0.2, 0.25) is 0 Å². The summed E-state index contributed by atoms with van der Waals surface area (Å²) in [5, 5.41) is 16.4. The first-order chi connectivity index (χ1) is 9.06. The van der Waals surface area contributed by atoms with Gasteiger partial charge >= 0.3 is 5.97 Å². The Kier molecular flexibility index (Phi) is 4.16. The number of carboxylic acid groups (broad SMARTS) is 1. The smallest absolute Gasteiger partial charge is 0.337 e. The summed E-state index contributed by atoms with van der Waals surface area (Å²) in [5.74, 6) is -0.229. The molecule has 0 amide bonds. The van der Waals surface area contributed by atoms with Crippen molar-refractivity contribution in [2.24, 2.45) is 0 Å². The maximum absolute atomic E-state index is 10.9. The van der Waals surface area contributed by atoms with Gasteiger partial charge in [-0.25, -0.2) is 9.78 Å². The predicted octanol–water partition coefficient (Wildman–Crippen LogP) is 3.19. The lowest BCUT2D eigenvalue weighted by Gasteiger charge is -2.14. The molecule has 2 heterocycles. The Morgan fingerprint density at radius 1 is 1.47 bits per heavy atom. The number of aromatic nitrogens is 1. The molecule has 2 aromatic rings. The highest BCUT2D eigenvalue weighted by Gasteiger charge is 2.10. The molecule has 1 atom stereocenters. The molecule has 0 aliphatic rings. The molecule has 0 aliphatic heterocycles. The van der Waals surface area contributed by atoms with Gasteiger partial charge in [-0.15, -0.1) is 0 Å². The van der Waals surface area contributed by atoms with Crippen LogP contribution in [0.25, 0.3) is 0 Å². The van der Waals surface area contributed by atoms with Crippen LogP contribution in [0, 0.1) is 6.92 Å². The van der Waals surface area contributed by atoms with E-state index in [2.05, 4.69) is 34.1 Å². The first-order valence-electron chi connectivity index (χ1n) is 6.05. The fourth-order valence-electron chi connectivity index (χ4n) is 1.93. The lowest BCUT2D eigenvalue weighted by atomic mass is 10.1. The molecule has 100 valence electrons. The van der Waals surface area contributed by atoms with Crippen molar-refractivity contribution >= 4 is 23.1 Å². The van der Waals surface area contributed by atoms with Gasteiger partial charge < -0.3 is 10.4 Å². The third-order valence-electron chi connectivity index (χ3n) is 2.83. The minimum atomic E-state index is -0.942. The van der Waals surface area contributed by atoms with E-state index >= 15 is 0 Å². The van der Waals surface area contributed by atoms with Crippen molar-refractivity contribution in [1.82, 2.24) is 4.98 Å². The van der Waals surface area contributed by atoms with E-state index in [-0.39, 0.29) is 11.6 Å². The number of rotatable bonds is 5. The molecule has 0 aliphatic carbocycles. The van der Waals surface area contributed by atoms with E-state index in [4.69, 9.17) is 5.11 Å². The number of hydrogen-bond acceptors (Lipinski definition) is 4. The van der Waals surface area contributed by atoms with E-state index < -0.39 is 5.97 Å². The van der Waals surface area contributed by atoms with Crippen LogP contribution in [0.3, 0.4) is 0 Å². The number of nitrogens with zero attached hydrogens (tertiary/aromatic N) is 1. The molecule has 0 aromatic carbocycles. The number of aryl methyl sites for hydroxylation is 1.